The molecule has 0 aliphatic carbocycles. The number of rotatable bonds is 6. The van der Waals surface area contributed by atoms with Crippen LogP contribution in [0.4, 0.5) is 5.82 Å². The standard InChI is InChI=1S/C13H16N6O2/c1-19(2)11-4-7-14-10(18-11)8-17-12(20)9-21-13-15-5-3-6-16-13/h3-7H,8-9H2,1-2H3,(H,17,20). The summed E-state index contributed by atoms with van der Waals surface area (Å²) in [6.07, 6.45) is 4.74. The molecule has 110 valence electrons. The van der Waals surface area contributed by atoms with E-state index in [9.17, 15) is 4.79 Å². The van der Waals surface area contributed by atoms with Crippen LogP contribution in [0.3, 0.4) is 0 Å². The Labute approximate surface area is 122 Å². The summed E-state index contributed by atoms with van der Waals surface area (Å²) in [4.78, 5) is 29.6. The van der Waals surface area contributed by atoms with Gasteiger partial charge in [0.15, 0.2) is 6.61 Å². The van der Waals surface area contributed by atoms with E-state index in [0.29, 0.717) is 5.82 Å². The van der Waals surface area contributed by atoms with Gasteiger partial charge in [-0.1, -0.05) is 0 Å². The molecule has 0 saturated carbocycles. The molecular formula is C13H16N6O2. The van der Waals surface area contributed by atoms with Gasteiger partial charge in [-0.15, -0.1) is 0 Å². The van der Waals surface area contributed by atoms with Crippen LogP contribution >= 0.6 is 0 Å². The number of anilines is 1. The minimum absolute atomic E-state index is 0.155. The number of amides is 1. The smallest absolute Gasteiger partial charge is 0.316 e. The average Bonchev–Trinajstić information content (AvgIpc) is 2.52. The van der Waals surface area contributed by atoms with E-state index in [1.165, 1.54) is 0 Å². The van der Waals surface area contributed by atoms with Crippen LogP contribution in [-0.2, 0) is 11.3 Å². The zero-order valence-corrected chi connectivity index (χ0v) is 11.9. The predicted octanol–water partition coefficient (Wildman–Crippen LogP) is 0.0278. The second-order valence-electron chi connectivity index (χ2n) is 4.32. The molecule has 0 aliphatic rings. The summed E-state index contributed by atoms with van der Waals surface area (Å²) in [6.45, 7) is 0.0803. The first-order valence-electron chi connectivity index (χ1n) is 6.31. The molecule has 8 nitrogen and oxygen atoms in total. The third-order valence-corrected chi connectivity index (χ3v) is 2.47. The van der Waals surface area contributed by atoms with E-state index in [1.807, 2.05) is 19.0 Å². The Hall–Kier alpha value is -2.77. The second-order valence-corrected chi connectivity index (χ2v) is 4.32. The van der Waals surface area contributed by atoms with E-state index in [1.54, 1.807) is 30.7 Å². The van der Waals surface area contributed by atoms with E-state index in [0.717, 1.165) is 5.82 Å². The van der Waals surface area contributed by atoms with Crippen LogP contribution in [0.2, 0.25) is 0 Å². The van der Waals surface area contributed by atoms with Gasteiger partial charge in [0.2, 0.25) is 0 Å². The minimum atomic E-state index is -0.290. The highest BCUT2D eigenvalue weighted by Crippen LogP contribution is 2.05. The Balaban J connectivity index is 1.80. The van der Waals surface area contributed by atoms with Gasteiger partial charge in [-0.25, -0.2) is 19.9 Å². The molecule has 0 aliphatic heterocycles. The van der Waals surface area contributed by atoms with E-state index < -0.39 is 0 Å². The van der Waals surface area contributed by atoms with Crippen LogP contribution in [0, 0.1) is 0 Å². The summed E-state index contributed by atoms with van der Waals surface area (Å²) >= 11 is 0. The fraction of sp³-hybridized carbons (Fsp3) is 0.308. The van der Waals surface area contributed by atoms with Crippen LogP contribution in [0.5, 0.6) is 6.01 Å². The van der Waals surface area contributed by atoms with Gasteiger partial charge < -0.3 is 15.0 Å². The summed E-state index contributed by atoms with van der Waals surface area (Å²) in [7, 11) is 3.77. The number of nitrogens with zero attached hydrogens (tertiary/aromatic N) is 5. The molecule has 0 aromatic carbocycles. The van der Waals surface area contributed by atoms with E-state index in [4.69, 9.17) is 4.74 Å². The normalized spacial score (nSPS) is 10.0. The van der Waals surface area contributed by atoms with Gasteiger partial charge in [0.05, 0.1) is 6.54 Å². The first kappa shape index (κ1) is 14.6. The lowest BCUT2D eigenvalue weighted by molar-refractivity contribution is -0.123. The molecule has 0 fully saturated rings. The molecule has 0 atom stereocenters. The average molecular weight is 288 g/mol. The Bertz CT molecular complexity index is 590. The lowest BCUT2D eigenvalue weighted by atomic mass is 10.5. The number of hydrogen-bond acceptors (Lipinski definition) is 7. The highest BCUT2D eigenvalue weighted by molar-refractivity contribution is 5.77. The monoisotopic (exact) mass is 288 g/mol. The van der Waals surface area contributed by atoms with Crippen molar-refractivity contribution in [1.82, 2.24) is 25.3 Å². The van der Waals surface area contributed by atoms with Crippen molar-refractivity contribution in [1.29, 1.82) is 0 Å². The summed E-state index contributed by atoms with van der Waals surface area (Å²) in [5.41, 5.74) is 0. The molecule has 2 aromatic rings. The molecule has 1 amide bonds. The van der Waals surface area contributed by atoms with Gasteiger partial charge in [0.25, 0.3) is 5.91 Å². The van der Waals surface area contributed by atoms with Crippen molar-refractivity contribution in [2.45, 2.75) is 6.54 Å². The molecule has 0 radical (unpaired) electrons. The fourth-order valence-electron chi connectivity index (χ4n) is 1.44. The predicted molar refractivity (Wildman–Crippen MR) is 75.7 cm³/mol. The Kier molecular flexibility index (Phi) is 4.97. The molecule has 8 heteroatoms. The maximum atomic E-state index is 11.7. The maximum absolute atomic E-state index is 11.7. The van der Waals surface area contributed by atoms with Crippen molar-refractivity contribution < 1.29 is 9.53 Å². The van der Waals surface area contributed by atoms with Gasteiger partial charge in [-0.05, 0) is 12.1 Å². The first-order chi connectivity index (χ1) is 10.1. The molecule has 2 rings (SSSR count). The van der Waals surface area contributed by atoms with E-state index in [2.05, 4.69) is 25.3 Å². The molecule has 0 unspecified atom stereocenters. The summed E-state index contributed by atoms with van der Waals surface area (Å²) in [6, 6.07) is 3.63. The number of ether oxygens (including phenoxy) is 1. The fourth-order valence-corrected chi connectivity index (χ4v) is 1.44. The first-order valence-corrected chi connectivity index (χ1v) is 6.31. The second kappa shape index (κ2) is 7.13. The van der Waals surface area contributed by atoms with Crippen molar-refractivity contribution in [3.63, 3.8) is 0 Å². The van der Waals surface area contributed by atoms with Crippen molar-refractivity contribution in [3.8, 4) is 6.01 Å². The van der Waals surface area contributed by atoms with Gasteiger partial charge in [0, 0.05) is 32.7 Å². The third kappa shape index (κ3) is 4.68. The number of carbonyl (C=O) groups excluding carboxylic acids is 1. The zero-order chi connectivity index (χ0) is 15.1. The number of nitrogens with one attached hydrogen (secondary N) is 1. The number of carbonyl (C=O) groups is 1. The number of aromatic nitrogens is 4. The van der Waals surface area contributed by atoms with Gasteiger partial charge >= 0.3 is 6.01 Å². The summed E-state index contributed by atoms with van der Waals surface area (Å²) in [5, 5.41) is 2.67. The minimum Gasteiger partial charge on any atom is -0.453 e. The lowest BCUT2D eigenvalue weighted by Gasteiger charge is -2.11. The van der Waals surface area contributed by atoms with Crippen LogP contribution in [0.25, 0.3) is 0 Å². The molecule has 2 heterocycles. The van der Waals surface area contributed by atoms with Crippen LogP contribution in [0.15, 0.2) is 30.7 Å². The van der Waals surface area contributed by atoms with Crippen molar-refractivity contribution in [2.75, 3.05) is 25.6 Å². The molecule has 0 saturated heterocycles. The van der Waals surface area contributed by atoms with E-state index in [-0.39, 0.29) is 25.1 Å². The Morgan fingerprint density at radius 1 is 1.24 bits per heavy atom. The SMILES string of the molecule is CN(C)c1ccnc(CNC(=O)COc2ncccn2)n1. The Morgan fingerprint density at radius 3 is 2.71 bits per heavy atom. The summed E-state index contributed by atoms with van der Waals surface area (Å²) in [5.74, 6) is 1.02. The molecule has 1 N–H and O–H groups in total. The van der Waals surface area contributed by atoms with Crippen molar-refractivity contribution in [2.24, 2.45) is 0 Å². The zero-order valence-electron chi connectivity index (χ0n) is 11.9. The van der Waals surface area contributed by atoms with Gasteiger partial charge in [-0.3, -0.25) is 4.79 Å². The van der Waals surface area contributed by atoms with E-state index >= 15 is 0 Å². The Morgan fingerprint density at radius 2 is 2.00 bits per heavy atom. The molecule has 0 bridgehead atoms. The van der Waals surface area contributed by atoms with Crippen molar-refractivity contribution >= 4 is 11.7 Å². The molecule has 21 heavy (non-hydrogen) atoms. The third-order valence-electron chi connectivity index (χ3n) is 2.47. The van der Waals surface area contributed by atoms with Gasteiger partial charge in [-0.2, -0.15) is 0 Å². The van der Waals surface area contributed by atoms with Gasteiger partial charge in [0.1, 0.15) is 11.6 Å². The lowest BCUT2D eigenvalue weighted by Crippen LogP contribution is -2.29. The van der Waals surface area contributed by atoms with Crippen LogP contribution in [0.1, 0.15) is 5.82 Å². The highest BCUT2D eigenvalue weighted by atomic mass is 16.5. The highest BCUT2D eigenvalue weighted by Gasteiger charge is 2.06. The largest absolute Gasteiger partial charge is 0.453 e. The molecular weight excluding hydrogens is 272 g/mol. The summed E-state index contributed by atoms with van der Waals surface area (Å²) < 4.78 is 5.13. The quantitative estimate of drug-likeness (QED) is 0.801. The van der Waals surface area contributed by atoms with Crippen LogP contribution in [-0.4, -0.2) is 46.5 Å². The van der Waals surface area contributed by atoms with Crippen molar-refractivity contribution in [3.05, 3.63) is 36.5 Å². The van der Waals surface area contributed by atoms with Crippen LogP contribution < -0.4 is 15.0 Å². The molecule has 0 spiro atoms. The molecule has 2 aromatic heterocycles. The number of hydrogen-bond donors (Lipinski definition) is 1. The topological polar surface area (TPSA) is 93.1 Å². The maximum Gasteiger partial charge on any atom is 0.316 e.